The predicted molar refractivity (Wildman–Crippen MR) is 30.4 cm³/mol. The van der Waals surface area contributed by atoms with Crippen molar-refractivity contribution in [1.82, 2.24) is 0 Å². The third-order valence-corrected chi connectivity index (χ3v) is 2.82. The molecule has 0 N–H and O–H groups in total. The molecule has 2 nitrogen and oxygen atoms in total. The lowest BCUT2D eigenvalue weighted by molar-refractivity contribution is -0.0635. The van der Waals surface area contributed by atoms with Crippen molar-refractivity contribution in [2.75, 3.05) is 5.75 Å². The molecule has 0 aromatic heterocycles. The van der Waals surface area contributed by atoms with Crippen LogP contribution in [0.2, 0.25) is 0 Å². The third-order valence-electron chi connectivity index (χ3n) is 1.05. The van der Waals surface area contributed by atoms with Crippen molar-refractivity contribution in [3.8, 4) is 0 Å². The van der Waals surface area contributed by atoms with Gasteiger partial charge in [0.05, 0.1) is 5.75 Å². The van der Waals surface area contributed by atoms with Gasteiger partial charge in [0.2, 0.25) is 9.84 Å². The number of hydrogen-bond donors (Lipinski definition) is 0. The van der Waals surface area contributed by atoms with E-state index in [0.717, 1.165) is 6.92 Å². The molecule has 7 heteroatoms. The summed E-state index contributed by atoms with van der Waals surface area (Å²) in [5.74, 6) is -0.996. The summed E-state index contributed by atoms with van der Waals surface area (Å²) >= 11 is 0. The maximum atomic E-state index is 12.0. The molecule has 11 heavy (non-hydrogen) atoms. The SMILES string of the molecule is CCS(=O)(=O)C(F)(F)C(F)F. The smallest absolute Gasteiger partial charge is 0.222 e. The highest BCUT2D eigenvalue weighted by atomic mass is 32.2. The van der Waals surface area contributed by atoms with Gasteiger partial charge in [0.1, 0.15) is 0 Å². The molecule has 0 aliphatic rings. The van der Waals surface area contributed by atoms with Crippen molar-refractivity contribution in [2.45, 2.75) is 18.6 Å². The molecule has 0 rings (SSSR count). The fourth-order valence-electron chi connectivity index (χ4n) is 0.328. The van der Waals surface area contributed by atoms with Crippen LogP contribution in [0, 0.1) is 0 Å². The lowest BCUT2D eigenvalue weighted by atomic mass is 10.7. The second-order valence-electron chi connectivity index (χ2n) is 1.77. The Hall–Kier alpha value is -0.330. The lowest BCUT2D eigenvalue weighted by Gasteiger charge is -2.13. The molecule has 0 aliphatic heterocycles. The molecule has 0 amide bonds. The fourth-order valence-corrected chi connectivity index (χ4v) is 0.985. The molecule has 0 saturated heterocycles. The second-order valence-corrected chi connectivity index (χ2v) is 4.12. The van der Waals surface area contributed by atoms with E-state index in [1.165, 1.54) is 0 Å². The van der Waals surface area contributed by atoms with E-state index in [9.17, 15) is 26.0 Å². The van der Waals surface area contributed by atoms with E-state index >= 15 is 0 Å². The van der Waals surface area contributed by atoms with Gasteiger partial charge in [-0.3, -0.25) is 0 Å². The minimum atomic E-state index is -4.98. The van der Waals surface area contributed by atoms with Gasteiger partial charge in [-0.25, -0.2) is 17.2 Å². The van der Waals surface area contributed by atoms with Gasteiger partial charge >= 0.3 is 11.7 Å². The Morgan fingerprint density at radius 1 is 1.36 bits per heavy atom. The number of alkyl halides is 4. The van der Waals surface area contributed by atoms with Gasteiger partial charge < -0.3 is 0 Å². The molecule has 0 fully saturated rings. The first-order chi connectivity index (χ1) is 4.75. The van der Waals surface area contributed by atoms with Crippen molar-refractivity contribution in [3.63, 3.8) is 0 Å². The van der Waals surface area contributed by atoms with Crippen molar-refractivity contribution in [1.29, 1.82) is 0 Å². The maximum absolute atomic E-state index is 12.0. The summed E-state index contributed by atoms with van der Waals surface area (Å²) in [5, 5.41) is -4.91. The minimum absolute atomic E-state index is 0.881. The zero-order chi connectivity index (χ0) is 9.28. The van der Waals surface area contributed by atoms with Crippen LogP contribution in [0.5, 0.6) is 0 Å². The van der Waals surface area contributed by atoms with Gasteiger partial charge in [0.25, 0.3) is 0 Å². The van der Waals surface area contributed by atoms with E-state index in [2.05, 4.69) is 0 Å². The van der Waals surface area contributed by atoms with E-state index in [-0.39, 0.29) is 0 Å². The highest BCUT2D eigenvalue weighted by Crippen LogP contribution is 2.29. The van der Waals surface area contributed by atoms with Gasteiger partial charge in [0, 0.05) is 0 Å². The molecular weight excluding hydrogens is 188 g/mol. The van der Waals surface area contributed by atoms with Crippen LogP contribution >= 0.6 is 0 Å². The van der Waals surface area contributed by atoms with Crippen molar-refractivity contribution < 1.29 is 26.0 Å². The van der Waals surface area contributed by atoms with E-state index in [1.807, 2.05) is 0 Å². The van der Waals surface area contributed by atoms with Crippen LogP contribution in [0.25, 0.3) is 0 Å². The van der Waals surface area contributed by atoms with Crippen molar-refractivity contribution >= 4 is 9.84 Å². The molecule has 0 atom stereocenters. The van der Waals surface area contributed by atoms with Crippen molar-refractivity contribution in [3.05, 3.63) is 0 Å². The average molecular weight is 194 g/mol. The Balaban J connectivity index is 4.85. The molecule has 0 spiro atoms. The molecule has 0 aliphatic carbocycles. The topological polar surface area (TPSA) is 34.1 Å². The van der Waals surface area contributed by atoms with Crippen LogP contribution in [0.15, 0.2) is 0 Å². The van der Waals surface area contributed by atoms with Crippen LogP contribution in [-0.2, 0) is 9.84 Å². The monoisotopic (exact) mass is 194 g/mol. The molecule has 0 radical (unpaired) electrons. The number of halogens is 4. The van der Waals surface area contributed by atoms with Crippen LogP contribution < -0.4 is 0 Å². The number of sulfone groups is 1. The Bertz CT molecular complexity index is 220. The van der Waals surface area contributed by atoms with E-state index in [4.69, 9.17) is 0 Å². The summed E-state index contributed by atoms with van der Waals surface area (Å²) in [6.45, 7) is 0.881. The summed E-state index contributed by atoms with van der Waals surface area (Å²) in [7, 11) is -4.98. The Kier molecular flexibility index (Phi) is 2.87. The number of rotatable bonds is 3. The minimum Gasteiger partial charge on any atom is -0.222 e. The fraction of sp³-hybridized carbons (Fsp3) is 1.00. The molecule has 68 valence electrons. The predicted octanol–water partition coefficient (Wildman–Crippen LogP) is 1.28. The highest BCUT2D eigenvalue weighted by molar-refractivity contribution is 7.92. The van der Waals surface area contributed by atoms with Gasteiger partial charge in [-0.15, -0.1) is 0 Å². The van der Waals surface area contributed by atoms with Crippen LogP contribution in [0.4, 0.5) is 17.6 Å². The van der Waals surface area contributed by atoms with E-state index in [1.54, 1.807) is 0 Å². The van der Waals surface area contributed by atoms with E-state index in [0.29, 0.717) is 0 Å². The Morgan fingerprint density at radius 2 is 1.73 bits per heavy atom. The molecular formula is C4H6F4O2S. The summed E-state index contributed by atoms with van der Waals surface area (Å²) in [6, 6.07) is 0. The van der Waals surface area contributed by atoms with Gasteiger partial charge in [-0.05, 0) is 0 Å². The van der Waals surface area contributed by atoms with Crippen LogP contribution in [-0.4, -0.2) is 25.9 Å². The normalized spacial score (nSPS) is 14.0. The summed E-state index contributed by atoms with van der Waals surface area (Å²) in [4.78, 5) is 0. The van der Waals surface area contributed by atoms with Crippen LogP contribution in [0.3, 0.4) is 0 Å². The first-order valence-electron chi connectivity index (χ1n) is 2.64. The standard InChI is InChI=1S/C4H6F4O2S/c1-2-11(9,10)4(7,8)3(5)6/h3H,2H2,1H3. The molecule has 0 bridgehead atoms. The highest BCUT2D eigenvalue weighted by Gasteiger charge is 2.52. The Labute approximate surface area is 61.1 Å². The van der Waals surface area contributed by atoms with Gasteiger partial charge in [0.15, 0.2) is 0 Å². The summed E-state index contributed by atoms with van der Waals surface area (Å²) in [5.41, 5.74) is 0. The molecule has 0 unspecified atom stereocenters. The largest absolute Gasteiger partial charge is 0.404 e. The maximum Gasteiger partial charge on any atom is 0.404 e. The zero-order valence-corrected chi connectivity index (χ0v) is 6.34. The summed E-state index contributed by atoms with van der Waals surface area (Å²) in [6.07, 6.45) is -4.16. The molecule has 0 aromatic carbocycles. The third kappa shape index (κ3) is 1.82. The van der Waals surface area contributed by atoms with Gasteiger partial charge in [-0.1, -0.05) is 6.92 Å². The molecule has 0 saturated carbocycles. The first kappa shape index (κ1) is 10.7. The average Bonchev–Trinajstić information content (AvgIpc) is 1.87. The number of hydrogen-bond acceptors (Lipinski definition) is 2. The zero-order valence-electron chi connectivity index (χ0n) is 5.52. The quantitative estimate of drug-likeness (QED) is 0.634. The lowest BCUT2D eigenvalue weighted by Crippen LogP contribution is -2.37. The van der Waals surface area contributed by atoms with Crippen molar-refractivity contribution in [2.24, 2.45) is 0 Å². The molecule has 0 aromatic rings. The summed E-state index contributed by atoms with van der Waals surface area (Å²) < 4.78 is 67.2. The molecule has 0 heterocycles. The Morgan fingerprint density at radius 3 is 1.82 bits per heavy atom. The first-order valence-corrected chi connectivity index (χ1v) is 4.29. The van der Waals surface area contributed by atoms with E-state index < -0.39 is 27.3 Å². The van der Waals surface area contributed by atoms with Crippen LogP contribution in [0.1, 0.15) is 6.92 Å². The second kappa shape index (κ2) is 2.96. The van der Waals surface area contributed by atoms with Gasteiger partial charge in [-0.2, -0.15) is 8.78 Å².